The van der Waals surface area contributed by atoms with Crippen LogP contribution in [-0.2, 0) is 14.8 Å². The van der Waals surface area contributed by atoms with Crippen LogP contribution in [0.25, 0.3) is 0 Å². The Hall–Kier alpha value is -1.51. The number of ether oxygens (including phenoxy) is 1. The highest BCUT2D eigenvalue weighted by atomic mass is 35.5. The monoisotopic (exact) mass is 488 g/mol. The van der Waals surface area contributed by atoms with Gasteiger partial charge in [0.1, 0.15) is 0 Å². The lowest BCUT2D eigenvalue weighted by Crippen LogP contribution is -2.25. The summed E-state index contributed by atoms with van der Waals surface area (Å²) >= 11 is 18.7. The number of carbonyl (C=O) groups excluding carboxylic acids is 1. The van der Waals surface area contributed by atoms with Crippen LogP contribution in [0.2, 0.25) is 15.1 Å². The third-order valence-electron chi connectivity index (χ3n) is 5.22. The van der Waals surface area contributed by atoms with Gasteiger partial charge in [0.25, 0.3) is 5.91 Å². The van der Waals surface area contributed by atoms with Crippen molar-refractivity contribution in [3.8, 4) is 0 Å². The Kier molecular flexibility index (Phi) is 6.19. The lowest BCUT2D eigenvalue weighted by atomic mass is 9.98. The van der Waals surface area contributed by atoms with E-state index < -0.39 is 15.9 Å². The summed E-state index contributed by atoms with van der Waals surface area (Å²) in [5.41, 5.74) is 1.91. The third-order valence-corrected chi connectivity index (χ3v) is 8.11. The van der Waals surface area contributed by atoms with Crippen molar-refractivity contribution in [1.82, 2.24) is 0 Å². The predicted octanol–water partition coefficient (Wildman–Crippen LogP) is 4.94. The van der Waals surface area contributed by atoms with Crippen LogP contribution in [-0.4, -0.2) is 39.8 Å². The summed E-state index contributed by atoms with van der Waals surface area (Å²) in [6.07, 6.45) is 1.40. The van der Waals surface area contributed by atoms with Gasteiger partial charge < -0.3 is 10.1 Å². The second kappa shape index (κ2) is 8.55. The second-order valence-electron chi connectivity index (χ2n) is 7.32. The molecule has 2 aromatic rings. The zero-order valence-corrected chi connectivity index (χ0v) is 18.9. The number of nitrogens with one attached hydrogen (secondary N) is 1. The Morgan fingerprint density at radius 1 is 1.13 bits per heavy atom. The molecule has 4 rings (SSSR count). The van der Waals surface area contributed by atoms with Gasteiger partial charge in [-0.1, -0.05) is 34.8 Å². The van der Waals surface area contributed by atoms with E-state index in [1.807, 2.05) is 12.1 Å². The first-order valence-electron chi connectivity index (χ1n) is 9.43. The molecule has 0 spiro atoms. The number of hydrogen-bond donors (Lipinski definition) is 1. The molecular formula is C20H19Cl3N2O4S. The van der Waals surface area contributed by atoms with Crippen LogP contribution in [0.5, 0.6) is 0 Å². The number of nitrogens with zero attached hydrogens (tertiary/aromatic N) is 1. The molecule has 160 valence electrons. The Labute approximate surface area is 190 Å². The summed E-state index contributed by atoms with van der Waals surface area (Å²) in [5.74, 6) is -0.220. The Balaban J connectivity index is 1.64. The van der Waals surface area contributed by atoms with E-state index in [2.05, 4.69) is 5.32 Å². The number of anilines is 2. The largest absolute Gasteiger partial charge is 0.381 e. The molecule has 0 aromatic heterocycles. The molecule has 2 aliphatic rings. The minimum atomic E-state index is -3.42. The fourth-order valence-electron chi connectivity index (χ4n) is 3.73. The minimum absolute atomic E-state index is 0.0564. The van der Waals surface area contributed by atoms with Gasteiger partial charge in [-0.25, -0.2) is 8.42 Å². The maximum atomic E-state index is 13.0. The van der Waals surface area contributed by atoms with Crippen molar-refractivity contribution in [3.63, 3.8) is 0 Å². The number of benzene rings is 2. The van der Waals surface area contributed by atoms with Crippen LogP contribution in [0.15, 0.2) is 30.3 Å². The van der Waals surface area contributed by atoms with Crippen LogP contribution >= 0.6 is 34.8 Å². The maximum absolute atomic E-state index is 13.0. The van der Waals surface area contributed by atoms with Crippen molar-refractivity contribution in [3.05, 3.63) is 56.5 Å². The molecule has 6 nitrogen and oxygen atoms in total. The molecule has 1 N–H and O–H groups in total. The number of carbonyl (C=O) groups is 1. The molecule has 2 fully saturated rings. The Bertz CT molecular complexity index is 1100. The van der Waals surface area contributed by atoms with Gasteiger partial charge in [-0.05, 0) is 48.7 Å². The van der Waals surface area contributed by atoms with Crippen LogP contribution in [0.4, 0.5) is 11.4 Å². The van der Waals surface area contributed by atoms with E-state index in [0.717, 1.165) is 12.0 Å². The Morgan fingerprint density at radius 2 is 1.93 bits per heavy atom. The lowest BCUT2D eigenvalue weighted by Gasteiger charge is -2.19. The van der Waals surface area contributed by atoms with E-state index in [4.69, 9.17) is 39.5 Å². The first kappa shape index (κ1) is 21.7. The molecule has 2 heterocycles. The summed E-state index contributed by atoms with van der Waals surface area (Å²) < 4.78 is 31.2. The average molecular weight is 490 g/mol. The molecule has 30 heavy (non-hydrogen) atoms. The molecule has 10 heteroatoms. The van der Waals surface area contributed by atoms with Crippen LogP contribution in [0, 0.1) is 0 Å². The van der Waals surface area contributed by atoms with E-state index in [9.17, 15) is 13.2 Å². The number of hydrogen-bond acceptors (Lipinski definition) is 4. The van der Waals surface area contributed by atoms with Gasteiger partial charge in [0.2, 0.25) is 10.0 Å². The summed E-state index contributed by atoms with van der Waals surface area (Å²) in [7, 11) is -3.42. The molecule has 0 aliphatic carbocycles. The van der Waals surface area contributed by atoms with Crippen molar-refractivity contribution in [2.24, 2.45) is 0 Å². The molecule has 2 saturated heterocycles. The quantitative estimate of drug-likeness (QED) is 0.660. The number of rotatable bonds is 4. The lowest BCUT2D eigenvalue weighted by molar-refractivity contribution is 0.102. The molecule has 0 unspecified atom stereocenters. The van der Waals surface area contributed by atoms with E-state index in [-0.39, 0.29) is 27.3 Å². The van der Waals surface area contributed by atoms with Crippen molar-refractivity contribution in [2.45, 2.75) is 18.8 Å². The number of sulfonamides is 1. The van der Waals surface area contributed by atoms with Gasteiger partial charge in [0.05, 0.1) is 33.7 Å². The van der Waals surface area contributed by atoms with Gasteiger partial charge in [-0.2, -0.15) is 0 Å². The average Bonchev–Trinajstić information content (AvgIpc) is 3.32. The maximum Gasteiger partial charge on any atom is 0.257 e. The molecule has 0 radical (unpaired) electrons. The van der Waals surface area contributed by atoms with Gasteiger partial charge in [0.15, 0.2) is 0 Å². The van der Waals surface area contributed by atoms with Crippen LogP contribution in [0.1, 0.15) is 34.7 Å². The highest BCUT2D eigenvalue weighted by Gasteiger charge is 2.30. The smallest absolute Gasteiger partial charge is 0.257 e. The second-order valence-corrected chi connectivity index (χ2v) is 10.6. The fourth-order valence-corrected chi connectivity index (χ4v) is 5.93. The molecule has 2 aromatic carbocycles. The molecule has 1 atom stereocenters. The zero-order valence-electron chi connectivity index (χ0n) is 15.8. The van der Waals surface area contributed by atoms with Gasteiger partial charge >= 0.3 is 0 Å². The van der Waals surface area contributed by atoms with Gasteiger partial charge in [-0.3, -0.25) is 9.10 Å². The molecule has 0 saturated carbocycles. The molecular weight excluding hydrogens is 471 g/mol. The van der Waals surface area contributed by atoms with E-state index in [0.29, 0.717) is 42.6 Å². The SMILES string of the molecule is O=C(Nc1cc(Cl)cc([C@H]2CCOC2)c1)c1cc(N2CCCS2(=O)=O)cc(Cl)c1Cl. The molecule has 2 aliphatic heterocycles. The Morgan fingerprint density at radius 3 is 2.60 bits per heavy atom. The highest BCUT2D eigenvalue weighted by molar-refractivity contribution is 7.93. The normalized spacial score (nSPS) is 20.5. The first-order chi connectivity index (χ1) is 14.2. The van der Waals surface area contributed by atoms with E-state index in [1.165, 1.54) is 16.4 Å². The highest BCUT2D eigenvalue weighted by Crippen LogP contribution is 2.35. The molecule has 0 bridgehead atoms. The van der Waals surface area contributed by atoms with E-state index >= 15 is 0 Å². The minimum Gasteiger partial charge on any atom is -0.381 e. The zero-order chi connectivity index (χ0) is 21.5. The van der Waals surface area contributed by atoms with Crippen LogP contribution in [0.3, 0.4) is 0 Å². The summed E-state index contributed by atoms with van der Waals surface area (Å²) in [5, 5.41) is 3.45. The topological polar surface area (TPSA) is 75.7 Å². The number of amides is 1. The third kappa shape index (κ3) is 4.41. The van der Waals surface area contributed by atoms with Crippen molar-refractivity contribution in [2.75, 3.05) is 35.1 Å². The van der Waals surface area contributed by atoms with E-state index in [1.54, 1.807) is 6.07 Å². The molecule has 1 amide bonds. The van der Waals surface area contributed by atoms with Crippen LogP contribution < -0.4 is 9.62 Å². The van der Waals surface area contributed by atoms with Gasteiger partial charge in [0, 0.05) is 29.8 Å². The first-order valence-corrected chi connectivity index (χ1v) is 12.2. The van der Waals surface area contributed by atoms with Crippen molar-refractivity contribution < 1.29 is 17.9 Å². The fraction of sp³-hybridized carbons (Fsp3) is 0.350. The number of halogens is 3. The van der Waals surface area contributed by atoms with Crippen molar-refractivity contribution in [1.29, 1.82) is 0 Å². The summed E-state index contributed by atoms with van der Waals surface area (Å²) in [6.45, 7) is 1.64. The standard InChI is InChI=1S/C20H19Cl3N2O4S/c21-14-6-13(12-2-4-29-11-12)7-15(8-14)24-20(26)17-9-16(10-18(22)19(17)23)25-3-1-5-30(25,27)28/h6-10,12H,1-5,11H2,(H,24,26)/t12-/m0/s1. The van der Waals surface area contributed by atoms with Gasteiger partial charge in [-0.15, -0.1) is 0 Å². The van der Waals surface area contributed by atoms with Crippen molar-refractivity contribution >= 4 is 62.1 Å². The predicted molar refractivity (Wildman–Crippen MR) is 120 cm³/mol. The summed E-state index contributed by atoms with van der Waals surface area (Å²) in [4.78, 5) is 13.0. The summed E-state index contributed by atoms with van der Waals surface area (Å²) in [6, 6.07) is 8.26.